The van der Waals surface area contributed by atoms with Crippen LogP contribution in [-0.4, -0.2) is 20.0 Å². The number of hydrogen-bond acceptors (Lipinski definition) is 4. The fourth-order valence-electron chi connectivity index (χ4n) is 1.64. The third-order valence-electron chi connectivity index (χ3n) is 2.57. The van der Waals surface area contributed by atoms with Crippen molar-refractivity contribution in [2.75, 3.05) is 0 Å². The highest BCUT2D eigenvalue weighted by atomic mass is 32.2. The zero-order valence-corrected chi connectivity index (χ0v) is 9.70. The first-order chi connectivity index (χ1) is 7.31. The fourth-order valence-corrected chi connectivity index (χ4v) is 2.74. The van der Waals surface area contributed by atoms with Gasteiger partial charge in [-0.1, -0.05) is 23.9 Å². The molecule has 1 aromatic heterocycles. The lowest BCUT2D eigenvalue weighted by molar-refractivity contribution is 0.716. The average Bonchev–Trinajstić information content (AvgIpc) is 2.62. The van der Waals surface area contributed by atoms with Gasteiger partial charge < -0.3 is 10.3 Å². The Morgan fingerprint density at radius 3 is 3.07 bits per heavy atom. The number of nitrogens with zero attached hydrogens (tertiary/aromatic N) is 3. The summed E-state index contributed by atoms with van der Waals surface area (Å²) in [4.78, 5) is 0. The summed E-state index contributed by atoms with van der Waals surface area (Å²) in [6.07, 6.45) is 8.23. The van der Waals surface area contributed by atoms with Crippen LogP contribution in [0.25, 0.3) is 0 Å². The van der Waals surface area contributed by atoms with Gasteiger partial charge in [0.2, 0.25) is 0 Å². The second-order valence-corrected chi connectivity index (χ2v) is 4.88. The molecule has 82 valence electrons. The predicted molar refractivity (Wildman–Crippen MR) is 61.5 cm³/mol. The van der Waals surface area contributed by atoms with Crippen molar-refractivity contribution in [2.24, 2.45) is 12.8 Å². The summed E-state index contributed by atoms with van der Waals surface area (Å²) in [6.45, 7) is 0.449. The number of thioether (sulfide) groups is 1. The van der Waals surface area contributed by atoms with Crippen molar-refractivity contribution >= 4 is 11.8 Å². The van der Waals surface area contributed by atoms with Gasteiger partial charge in [-0.15, -0.1) is 10.2 Å². The molecule has 0 spiro atoms. The summed E-state index contributed by atoms with van der Waals surface area (Å²) < 4.78 is 1.98. The van der Waals surface area contributed by atoms with Gasteiger partial charge in [0.05, 0.1) is 6.54 Å². The molecule has 5 heteroatoms. The highest BCUT2D eigenvalue weighted by Crippen LogP contribution is 2.28. The highest BCUT2D eigenvalue weighted by Gasteiger charge is 2.14. The van der Waals surface area contributed by atoms with Crippen LogP contribution in [-0.2, 0) is 13.6 Å². The maximum atomic E-state index is 5.55. The molecule has 1 heterocycles. The van der Waals surface area contributed by atoms with Crippen molar-refractivity contribution in [1.29, 1.82) is 0 Å². The minimum Gasteiger partial charge on any atom is -0.324 e. The quantitative estimate of drug-likeness (QED) is 0.790. The van der Waals surface area contributed by atoms with E-state index in [0.29, 0.717) is 11.8 Å². The highest BCUT2D eigenvalue weighted by molar-refractivity contribution is 7.99. The molecule has 2 rings (SSSR count). The van der Waals surface area contributed by atoms with Gasteiger partial charge in [0.15, 0.2) is 5.16 Å². The van der Waals surface area contributed by atoms with E-state index in [-0.39, 0.29) is 0 Å². The fraction of sp³-hybridized carbons (Fsp3) is 0.600. The van der Waals surface area contributed by atoms with Gasteiger partial charge in [-0.3, -0.25) is 0 Å². The number of rotatable bonds is 3. The molecule has 1 aliphatic rings. The van der Waals surface area contributed by atoms with E-state index in [4.69, 9.17) is 5.73 Å². The van der Waals surface area contributed by atoms with Crippen molar-refractivity contribution < 1.29 is 0 Å². The second-order valence-electron chi connectivity index (χ2n) is 3.68. The largest absolute Gasteiger partial charge is 0.324 e. The lowest BCUT2D eigenvalue weighted by Gasteiger charge is -2.14. The van der Waals surface area contributed by atoms with Crippen molar-refractivity contribution in [3.63, 3.8) is 0 Å². The predicted octanol–water partition coefficient (Wildman–Crippen LogP) is 1.47. The molecule has 0 fully saturated rings. The number of aromatic nitrogens is 3. The lowest BCUT2D eigenvalue weighted by atomic mass is 10.1. The van der Waals surface area contributed by atoms with Crippen LogP contribution in [0.2, 0.25) is 0 Å². The summed E-state index contributed by atoms with van der Waals surface area (Å²) in [5, 5.41) is 9.70. The van der Waals surface area contributed by atoms with Crippen LogP contribution >= 0.6 is 11.8 Å². The van der Waals surface area contributed by atoms with E-state index in [1.165, 1.54) is 19.3 Å². The van der Waals surface area contributed by atoms with Crippen LogP contribution in [0.15, 0.2) is 17.3 Å². The first-order valence-electron chi connectivity index (χ1n) is 5.23. The third-order valence-corrected chi connectivity index (χ3v) is 3.84. The molecule has 1 unspecified atom stereocenters. The topological polar surface area (TPSA) is 56.7 Å². The molecule has 0 aliphatic heterocycles. The Labute approximate surface area is 93.9 Å². The summed E-state index contributed by atoms with van der Waals surface area (Å²) in [7, 11) is 1.97. The van der Waals surface area contributed by atoms with E-state index >= 15 is 0 Å². The van der Waals surface area contributed by atoms with Gasteiger partial charge in [0.25, 0.3) is 0 Å². The van der Waals surface area contributed by atoms with Crippen LogP contribution in [0.4, 0.5) is 0 Å². The van der Waals surface area contributed by atoms with E-state index in [1.54, 1.807) is 11.8 Å². The molecule has 0 radical (unpaired) electrons. The molecule has 1 aromatic rings. The monoisotopic (exact) mass is 224 g/mol. The van der Waals surface area contributed by atoms with Crippen molar-refractivity contribution in [3.05, 3.63) is 18.0 Å². The van der Waals surface area contributed by atoms with Crippen LogP contribution < -0.4 is 5.73 Å². The SMILES string of the molecule is Cn1c(CN)nnc1SC1C=CCCC1. The van der Waals surface area contributed by atoms with Gasteiger partial charge in [-0.05, 0) is 19.3 Å². The zero-order valence-electron chi connectivity index (χ0n) is 8.89. The smallest absolute Gasteiger partial charge is 0.191 e. The molecule has 1 atom stereocenters. The van der Waals surface area contributed by atoms with E-state index < -0.39 is 0 Å². The van der Waals surface area contributed by atoms with Crippen molar-refractivity contribution in [1.82, 2.24) is 14.8 Å². The van der Waals surface area contributed by atoms with Gasteiger partial charge in [0, 0.05) is 12.3 Å². The van der Waals surface area contributed by atoms with Crippen LogP contribution in [0, 0.1) is 0 Å². The van der Waals surface area contributed by atoms with E-state index in [0.717, 1.165) is 11.0 Å². The Morgan fingerprint density at radius 2 is 2.47 bits per heavy atom. The molecule has 1 aliphatic carbocycles. The zero-order chi connectivity index (χ0) is 10.7. The Hall–Kier alpha value is -0.810. The Morgan fingerprint density at radius 1 is 1.60 bits per heavy atom. The van der Waals surface area contributed by atoms with Crippen LogP contribution in [0.3, 0.4) is 0 Å². The Bertz CT molecular complexity index is 358. The summed E-state index contributed by atoms with van der Waals surface area (Å²) in [6, 6.07) is 0. The van der Waals surface area contributed by atoms with Gasteiger partial charge in [-0.25, -0.2) is 0 Å². The van der Waals surface area contributed by atoms with E-state index in [2.05, 4.69) is 22.3 Å². The molecular formula is C10H16N4S. The molecule has 0 amide bonds. The molecule has 4 nitrogen and oxygen atoms in total. The number of hydrogen-bond donors (Lipinski definition) is 1. The molecule has 0 saturated heterocycles. The molecule has 0 saturated carbocycles. The maximum Gasteiger partial charge on any atom is 0.191 e. The Balaban J connectivity index is 2.06. The van der Waals surface area contributed by atoms with Gasteiger partial charge in [-0.2, -0.15) is 0 Å². The number of nitrogens with two attached hydrogens (primary N) is 1. The maximum absolute atomic E-state index is 5.55. The average molecular weight is 224 g/mol. The lowest BCUT2D eigenvalue weighted by Crippen LogP contribution is -2.07. The minimum absolute atomic E-state index is 0.449. The van der Waals surface area contributed by atoms with Crippen LogP contribution in [0.5, 0.6) is 0 Å². The summed E-state index contributed by atoms with van der Waals surface area (Å²) in [5.41, 5.74) is 5.55. The minimum atomic E-state index is 0.449. The van der Waals surface area contributed by atoms with Crippen LogP contribution in [0.1, 0.15) is 25.1 Å². The normalized spacial score (nSPS) is 20.8. The first-order valence-corrected chi connectivity index (χ1v) is 6.11. The van der Waals surface area contributed by atoms with E-state index in [9.17, 15) is 0 Å². The van der Waals surface area contributed by atoms with Crippen molar-refractivity contribution in [3.8, 4) is 0 Å². The summed E-state index contributed by atoms with van der Waals surface area (Å²) in [5.74, 6) is 0.845. The molecular weight excluding hydrogens is 208 g/mol. The Kier molecular flexibility index (Phi) is 3.43. The number of allylic oxidation sites excluding steroid dienone is 1. The summed E-state index contributed by atoms with van der Waals surface area (Å²) >= 11 is 1.77. The standard InChI is InChI=1S/C10H16N4S/c1-14-9(7-11)12-13-10(14)15-8-5-3-2-4-6-8/h3,5,8H,2,4,6-7,11H2,1H3. The molecule has 0 aromatic carbocycles. The molecule has 0 bridgehead atoms. The molecule has 15 heavy (non-hydrogen) atoms. The van der Waals surface area contributed by atoms with Gasteiger partial charge >= 0.3 is 0 Å². The molecule has 2 N–H and O–H groups in total. The first kappa shape index (κ1) is 10.7. The third kappa shape index (κ3) is 2.41. The van der Waals surface area contributed by atoms with Gasteiger partial charge in [0.1, 0.15) is 5.82 Å². The van der Waals surface area contributed by atoms with Crippen molar-refractivity contribution in [2.45, 2.75) is 36.2 Å². The second kappa shape index (κ2) is 4.81. The van der Waals surface area contributed by atoms with E-state index in [1.807, 2.05) is 11.6 Å².